The Morgan fingerprint density at radius 3 is 2.09 bits per heavy atom. The van der Waals surface area contributed by atoms with Crippen LogP contribution in [-0.4, -0.2) is 36.7 Å². The van der Waals surface area contributed by atoms with Gasteiger partial charge in [0, 0.05) is 26.2 Å². The van der Waals surface area contributed by atoms with E-state index in [-0.39, 0.29) is 11.9 Å². The third-order valence-corrected chi connectivity index (χ3v) is 7.84. The summed E-state index contributed by atoms with van der Waals surface area (Å²) in [6, 6.07) is 31.2. The van der Waals surface area contributed by atoms with Gasteiger partial charge < -0.3 is 9.47 Å². The third kappa shape index (κ3) is 4.01. The third-order valence-electron chi connectivity index (χ3n) is 7.84. The summed E-state index contributed by atoms with van der Waals surface area (Å²) >= 11 is 0. The topological polar surface area (TPSA) is 35.5 Å². The van der Waals surface area contributed by atoms with Crippen molar-refractivity contribution >= 4 is 5.97 Å². The molecule has 34 heavy (non-hydrogen) atoms. The minimum Gasteiger partial charge on any atom is -0.493 e. The van der Waals surface area contributed by atoms with E-state index in [0.717, 1.165) is 54.7 Å². The number of hydrogen-bond donors (Lipinski definition) is 0. The maximum atomic E-state index is 12.7. The minimum absolute atomic E-state index is 0.123. The molecule has 3 aromatic carbocycles. The molecule has 4 nitrogen and oxygen atoms in total. The lowest BCUT2D eigenvalue weighted by Gasteiger charge is -2.63. The van der Waals surface area contributed by atoms with Gasteiger partial charge in [0.15, 0.2) is 0 Å². The number of rotatable bonds is 8. The lowest BCUT2D eigenvalue weighted by Crippen LogP contribution is -2.74. The van der Waals surface area contributed by atoms with E-state index in [0.29, 0.717) is 12.5 Å². The van der Waals surface area contributed by atoms with Crippen LogP contribution in [0.15, 0.2) is 91.0 Å². The highest BCUT2D eigenvalue weighted by Gasteiger charge is 2.67. The van der Waals surface area contributed by atoms with Crippen molar-refractivity contribution in [2.75, 3.05) is 26.2 Å². The predicted molar refractivity (Wildman–Crippen MR) is 133 cm³/mol. The van der Waals surface area contributed by atoms with Crippen LogP contribution in [0.2, 0.25) is 0 Å². The molecule has 6 rings (SSSR count). The molecule has 0 amide bonds. The number of fused-ring (bicyclic) bond motifs is 3. The maximum absolute atomic E-state index is 12.7. The van der Waals surface area contributed by atoms with Gasteiger partial charge in [-0.1, -0.05) is 66.7 Å². The zero-order chi connectivity index (χ0) is 23.4. The SMILES string of the molecule is CC(=O)OC1(c2ccccc2)C(c2ccccc2)C2CC[N+]1(CCCOc1ccccc1)CC2. The summed E-state index contributed by atoms with van der Waals surface area (Å²) in [5.41, 5.74) is 1.63. The molecule has 3 heterocycles. The molecule has 3 aliphatic heterocycles. The molecule has 3 saturated heterocycles. The average Bonchev–Trinajstić information content (AvgIpc) is 2.89. The quantitative estimate of drug-likeness (QED) is 0.241. The summed E-state index contributed by atoms with van der Waals surface area (Å²) in [6.45, 7) is 5.15. The first kappa shape index (κ1) is 22.7. The Balaban J connectivity index is 1.54. The Bertz CT molecular complexity index is 1080. The minimum atomic E-state index is -0.734. The van der Waals surface area contributed by atoms with Crippen LogP contribution >= 0.6 is 0 Å². The Morgan fingerprint density at radius 2 is 1.47 bits per heavy atom. The first-order chi connectivity index (χ1) is 16.6. The van der Waals surface area contributed by atoms with Crippen LogP contribution in [0.5, 0.6) is 5.75 Å². The van der Waals surface area contributed by atoms with Crippen molar-refractivity contribution in [3.05, 3.63) is 102 Å². The normalized spacial score (nSPS) is 27.8. The average molecular weight is 457 g/mol. The van der Waals surface area contributed by atoms with Crippen LogP contribution in [0, 0.1) is 5.92 Å². The number of para-hydroxylation sites is 1. The summed E-state index contributed by atoms with van der Waals surface area (Å²) in [5.74, 6) is 1.30. The molecule has 3 fully saturated rings. The molecule has 0 saturated carbocycles. The van der Waals surface area contributed by atoms with Crippen LogP contribution in [0.1, 0.15) is 43.2 Å². The van der Waals surface area contributed by atoms with Gasteiger partial charge in [0.25, 0.3) is 5.72 Å². The number of ether oxygens (including phenoxy) is 2. The van der Waals surface area contributed by atoms with Crippen molar-refractivity contribution in [1.82, 2.24) is 0 Å². The molecule has 0 radical (unpaired) electrons. The molecule has 2 unspecified atom stereocenters. The van der Waals surface area contributed by atoms with E-state index in [1.165, 1.54) is 5.56 Å². The van der Waals surface area contributed by atoms with Crippen LogP contribution in [0.4, 0.5) is 0 Å². The Morgan fingerprint density at radius 1 is 0.882 bits per heavy atom. The maximum Gasteiger partial charge on any atom is 0.307 e. The molecule has 3 aromatic rings. The van der Waals surface area contributed by atoms with E-state index in [9.17, 15) is 4.79 Å². The van der Waals surface area contributed by atoms with Gasteiger partial charge in [-0.25, -0.2) is 0 Å². The van der Waals surface area contributed by atoms with Crippen molar-refractivity contribution in [2.45, 2.75) is 37.8 Å². The lowest BCUT2D eigenvalue weighted by atomic mass is 9.64. The molecule has 0 aliphatic carbocycles. The number of hydrogen-bond acceptors (Lipinski definition) is 3. The molecule has 176 valence electrons. The van der Waals surface area contributed by atoms with Gasteiger partial charge in [0.1, 0.15) is 5.75 Å². The van der Waals surface area contributed by atoms with Gasteiger partial charge in [-0.15, -0.1) is 0 Å². The van der Waals surface area contributed by atoms with Crippen LogP contribution in [0.3, 0.4) is 0 Å². The van der Waals surface area contributed by atoms with E-state index in [4.69, 9.17) is 9.47 Å². The summed E-state index contributed by atoms with van der Waals surface area (Å²) < 4.78 is 13.4. The highest BCUT2D eigenvalue weighted by atomic mass is 16.6. The van der Waals surface area contributed by atoms with Crippen molar-refractivity contribution in [3.8, 4) is 5.75 Å². The Hall–Kier alpha value is -3.11. The highest BCUT2D eigenvalue weighted by Crippen LogP contribution is 2.59. The number of benzene rings is 3. The fourth-order valence-electron chi connectivity index (χ4n) is 6.55. The zero-order valence-corrected chi connectivity index (χ0v) is 19.9. The summed E-state index contributed by atoms with van der Waals surface area (Å²) in [6.07, 6.45) is 3.20. The number of piperidine rings is 3. The fourth-order valence-corrected chi connectivity index (χ4v) is 6.55. The molecule has 0 spiro atoms. The van der Waals surface area contributed by atoms with Crippen molar-refractivity contribution in [1.29, 1.82) is 0 Å². The molecular formula is C30H34NO3+. The number of esters is 1. The van der Waals surface area contributed by atoms with E-state index in [2.05, 4.69) is 54.6 Å². The standard InChI is InChI=1S/C30H34NO3/c1-24(32)34-30(27-14-7-3-8-15-27)29(25-12-5-2-6-13-25)26-18-21-31(30,22-19-26)20-11-23-33-28-16-9-4-10-17-28/h2-10,12-17,26,29H,11,18-23H2,1H3/q+1. The smallest absolute Gasteiger partial charge is 0.307 e. The summed E-state index contributed by atoms with van der Waals surface area (Å²) in [7, 11) is 0. The first-order valence-corrected chi connectivity index (χ1v) is 12.5. The van der Waals surface area contributed by atoms with Gasteiger partial charge >= 0.3 is 5.97 Å². The van der Waals surface area contributed by atoms with Crippen molar-refractivity contribution in [3.63, 3.8) is 0 Å². The molecule has 2 atom stereocenters. The zero-order valence-electron chi connectivity index (χ0n) is 19.9. The number of nitrogens with zero attached hydrogens (tertiary/aromatic N) is 1. The van der Waals surface area contributed by atoms with Crippen molar-refractivity contribution in [2.24, 2.45) is 5.92 Å². The second-order valence-corrected chi connectivity index (χ2v) is 9.71. The molecule has 0 aromatic heterocycles. The molecular weight excluding hydrogens is 422 g/mol. The number of carbonyl (C=O) groups is 1. The molecule has 0 N–H and O–H groups in total. The fraction of sp³-hybridized carbons (Fsp3) is 0.367. The van der Waals surface area contributed by atoms with E-state index >= 15 is 0 Å². The van der Waals surface area contributed by atoms with Gasteiger partial charge in [0.2, 0.25) is 0 Å². The molecule has 4 heteroatoms. The highest BCUT2D eigenvalue weighted by molar-refractivity contribution is 5.67. The first-order valence-electron chi connectivity index (χ1n) is 12.5. The van der Waals surface area contributed by atoms with Crippen LogP contribution in [0.25, 0.3) is 0 Å². The van der Waals surface area contributed by atoms with Crippen LogP contribution in [-0.2, 0) is 15.3 Å². The number of carbonyl (C=O) groups excluding carboxylic acids is 1. The summed E-state index contributed by atoms with van der Waals surface area (Å²) in [4.78, 5) is 12.7. The van der Waals surface area contributed by atoms with E-state index in [1.807, 2.05) is 36.4 Å². The van der Waals surface area contributed by atoms with E-state index in [1.54, 1.807) is 6.92 Å². The largest absolute Gasteiger partial charge is 0.493 e. The predicted octanol–water partition coefficient (Wildman–Crippen LogP) is 5.90. The Labute approximate surface area is 202 Å². The second kappa shape index (κ2) is 9.63. The van der Waals surface area contributed by atoms with Crippen molar-refractivity contribution < 1.29 is 18.8 Å². The Kier molecular flexibility index (Phi) is 6.42. The van der Waals surface area contributed by atoms with Gasteiger partial charge in [-0.05, 0) is 35.7 Å². The van der Waals surface area contributed by atoms with Gasteiger partial charge in [-0.2, -0.15) is 0 Å². The second-order valence-electron chi connectivity index (χ2n) is 9.71. The van der Waals surface area contributed by atoms with E-state index < -0.39 is 5.72 Å². The van der Waals surface area contributed by atoms with Gasteiger partial charge in [0.05, 0.1) is 37.7 Å². The lowest BCUT2D eigenvalue weighted by molar-refractivity contribution is -1.02. The molecule has 2 bridgehead atoms. The number of quaternary nitrogens is 1. The van der Waals surface area contributed by atoms with Crippen LogP contribution < -0.4 is 4.74 Å². The monoisotopic (exact) mass is 456 g/mol. The summed E-state index contributed by atoms with van der Waals surface area (Å²) in [5, 5.41) is 0. The van der Waals surface area contributed by atoms with Gasteiger partial charge in [-0.3, -0.25) is 9.28 Å². The molecule has 3 aliphatic rings.